The van der Waals surface area contributed by atoms with E-state index >= 15 is 0 Å². The molecule has 50 heavy (non-hydrogen) atoms. The second kappa shape index (κ2) is 11.3. The van der Waals surface area contributed by atoms with Crippen LogP contribution >= 0.6 is 0 Å². The monoisotopic (exact) mass is 682 g/mol. The molecular weight excluding hydrogens is 624 g/mol. The van der Waals surface area contributed by atoms with Crippen molar-refractivity contribution < 1.29 is 28.7 Å². The van der Waals surface area contributed by atoms with Gasteiger partial charge in [0.05, 0.1) is 0 Å². The van der Waals surface area contributed by atoms with Gasteiger partial charge in [0.15, 0.2) is 17.2 Å². The van der Waals surface area contributed by atoms with Crippen LogP contribution in [0.4, 0.5) is 0 Å². The lowest BCUT2D eigenvalue weighted by Crippen LogP contribution is -2.60. The van der Waals surface area contributed by atoms with Crippen LogP contribution in [0.15, 0.2) is 22.8 Å². The van der Waals surface area contributed by atoms with Gasteiger partial charge in [0.2, 0.25) is 0 Å². The van der Waals surface area contributed by atoms with Crippen molar-refractivity contribution >= 4 is 29.1 Å². The van der Waals surface area contributed by atoms with Crippen LogP contribution in [0.1, 0.15) is 131 Å². The summed E-state index contributed by atoms with van der Waals surface area (Å²) in [5.74, 6) is 5.38. The molecule has 0 aromatic rings. The number of ketones is 4. The summed E-state index contributed by atoms with van der Waals surface area (Å²) in [6.45, 7) is 9.51. The molecule has 15 atom stereocenters. The minimum absolute atomic E-state index is 0.00788. The van der Waals surface area contributed by atoms with Crippen molar-refractivity contribution in [3.8, 4) is 0 Å². The summed E-state index contributed by atoms with van der Waals surface area (Å²) < 4.78 is 6.05. The number of allylic oxidation sites excluding steroid dienone is 3. The fourth-order valence-electron chi connectivity index (χ4n) is 16.4. The standard InChI is InChI=1S/C44H58O6/c1-22-18-33-30-7-6-27(48)20-37(30)43(21-35(33)32-9-8-28(23(2)45)39(22)32)16-12-26-19-34-29(31-10-11-38(49)41(43)40(26)31)13-15-42(5)36(34)14-17-44(42,24(3)46)50-25(4)47/h20,22,28-36,39,41H,6-19,21H2,1-5H3/t22-,28?,29?,30-,31-,32?,33?,34-,35+,36?,39?,41-,42+,43-,44+/m1/s1. The van der Waals surface area contributed by atoms with Crippen molar-refractivity contribution in [3.05, 3.63) is 22.8 Å². The maximum Gasteiger partial charge on any atom is 0.303 e. The zero-order valence-corrected chi connectivity index (χ0v) is 31.1. The van der Waals surface area contributed by atoms with Crippen LogP contribution in [0.2, 0.25) is 0 Å². The van der Waals surface area contributed by atoms with Crippen molar-refractivity contribution in [3.63, 3.8) is 0 Å². The largest absolute Gasteiger partial charge is 0.451 e. The van der Waals surface area contributed by atoms with Crippen LogP contribution in [0, 0.1) is 81.8 Å². The second-order valence-corrected chi connectivity index (χ2v) is 19.4. The van der Waals surface area contributed by atoms with Crippen LogP contribution in [0.5, 0.6) is 0 Å². The van der Waals surface area contributed by atoms with E-state index < -0.39 is 5.60 Å². The Morgan fingerprint density at radius 1 is 0.800 bits per heavy atom. The van der Waals surface area contributed by atoms with Crippen molar-refractivity contribution in [2.24, 2.45) is 81.8 Å². The Labute approximate surface area is 298 Å². The number of hydrogen-bond acceptors (Lipinski definition) is 6. The van der Waals surface area contributed by atoms with Gasteiger partial charge in [-0.1, -0.05) is 30.6 Å². The van der Waals surface area contributed by atoms with E-state index in [2.05, 4.69) is 19.9 Å². The molecule has 0 amide bonds. The number of hydrogen-bond donors (Lipinski definition) is 0. The van der Waals surface area contributed by atoms with Gasteiger partial charge >= 0.3 is 5.97 Å². The highest BCUT2D eigenvalue weighted by molar-refractivity contribution is 5.93. The Bertz CT molecular complexity index is 1630. The SMILES string of the molecule is CC(=O)O[C@]1(C(C)=O)CCC2[C@@H]3CC4=C5[C@@H](C(=O)CC[C@@H]5C3CC[C@@]21C)[C@]1(CC4)C[C@H]2C3CCC(C(C)=O)C3[C@H](C)CC2[C@H]2CCC(=O)C=C21. The maximum absolute atomic E-state index is 14.6. The Hall–Kier alpha value is -2.37. The molecule has 6 heteroatoms. The van der Waals surface area contributed by atoms with Crippen LogP contribution < -0.4 is 0 Å². The molecule has 0 heterocycles. The summed E-state index contributed by atoms with van der Waals surface area (Å²) in [5.41, 5.74) is 2.70. The molecule has 0 aliphatic heterocycles. The summed E-state index contributed by atoms with van der Waals surface area (Å²) in [6, 6.07) is 0. The average Bonchev–Trinajstić information content (AvgIpc) is 3.65. The first kappa shape index (κ1) is 33.5. The number of Topliss-reactive ketones (excluding diaryl/α,β-unsaturated/α-hetero) is 3. The van der Waals surface area contributed by atoms with Gasteiger partial charge in [-0.05, 0) is 163 Å². The Morgan fingerprint density at radius 2 is 1.58 bits per heavy atom. The van der Waals surface area contributed by atoms with E-state index in [1.165, 1.54) is 23.6 Å². The third-order valence-corrected chi connectivity index (χ3v) is 17.9. The molecule has 0 saturated heterocycles. The van der Waals surface area contributed by atoms with Crippen molar-refractivity contribution in [2.45, 2.75) is 137 Å². The fraction of sp³-hybridized carbons (Fsp3) is 0.795. The zero-order valence-electron chi connectivity index (χ0n) is 31.1. The van der Waals surface area contributed by atoms with Crippen LogP contribution in [-0.4, -0.2) is 34.7 Å². The molecule has 6 nitrogen and oxygen atoms in total. The smallest absolute Gasteiger partial charge is 0.303 e. The lowest BCUT2D eigenvalue weighted by atomic mass is 9.40. The number of fused-ring (bicyclic) bond motifs is 11. The van der Waals surface area contributed by atoms with Crippen molar-refractivity contribution in [2.75, 3.05) is 0 Å². The topological polar surface area (TPSA) is 94.6 Å². The van der Waals surface area contributed by atoms with E-state index in [1.54, 1.807) is 6.92 Å². The molecule has 0 radical (unpaired) electrons. The Morgan fingerprint density at radius 3 is 2.32 bits per heavy atom. The first-order valence-electron chi connectivity index (χ1n) is 20.5. The summed E-state index contributed by atoms with van der Waals surface area (Å²) in [4.78, 5) is 66.6. The van der Waals surface area contributed by atoms with E-state index in [-0.39, 0.29) is 40.2 Å². The molecule has 6 fully saturated rings. The number of esters is 1. The molecule has 0 bridgehead atoms. The van der Waals surface area contributed by atoms with Crippen molar-refractivity contribution in [1.29, 1.82) is 0 Å². The highest BCUT2D eigenvalue weighted by Crippen LogP contribution is 2.73. The maximum atomic E-state index is 14.6. The predicted molar refractivity (Wildman–Crippen MR) is 188 cm³/mol. The third kappa shape index (κ3) is 4.29. The van der Waals surface area contributed by atoms with E-state index in [0.29, 0.717) is 90.0 Å². The summed E-state index contributed by atoms with van der Waals surface area (Å²) in [5, 5.41) is 0. The molecule has 0 aromatic carbocycles. The highest BCUT2D eigenvalue weighted by atomic mass is 16.6. The minimum Gasteiger partial charge on any atom is -0.451 e. The molecule has 270 valence electrons. The second-order valence-electron chi connectivity index (χ2n) is 19.4. The van der Waals surface area contributed by atoms with Crippen LogP contribution in [0.25, 0.3) is 0 Å². The Balaban J connectivity index is 1.11. The molecule has 9 aliphatic rings. The van der Waals surface area contributed by atoms with Gasteiger partial charge in [-0.25, -0.2) is 0 Å². The summed E-state index contributed by atoms with van der Waals surface area (Å²) in [7, 11) is 0. The lowest BCUT2D eigenvalue weighted by molar-refractivity contribution is -0.185. The first-order chi connectivity index (χ1) is 23.8. The normalized spacial score (nSPS) is 50.3. The van der Waals surface area contributed by atoms with Gasteiger partial charge in [-0.3, -0.25) is 24.0 Å². The number of ether oxygens (including phenoxy) is 1. The lowest BCUT2D eigenvalue weighted by Gasteiger charge is -2.64. The van der Waals surface area contributed by atoms with E-state index in [9.17, 15) is 24.0 Å². The molecule has 6 unspecified atom stereocenters. The quantitative estimate of drug-likeness (QED) is 0.220. The predicted octanol–water partition coefficient (Wildman–Crippen LogP) is 8.21. The number of carbonyl (C=O) groups excluding carboxylic acids is 5. The summed E-state index contributed by atoms with van der Waals surface area (Å²) >= 11 is 0. The van der Waals surface area contributed by atoms with E-state index in [4.69, 9.17) is 4.74 Å². The van der Waals surface area contributed by atoms with Gasteiger partial charge in [0.1, 0.15) is 11.6 Å². The van der Waals surface area contributed by atoms with Gasteiger partial charge < -0.3 is 4.74 Å². The molecular formula is C44H58O6. The molecule has 9 rings (SSSR count). The van der Waals surface area contributed by atoms with Crippen LogP contribution in [-0.2, 0) is 28.7 Å². The summed E-state index contributed by atoms with van der Waals surface area (Å²) in [6.07, 6.45) is 15.8. The number of rotatable bonds is 3. The molecule has 0 N–H and O–H groups in total. The average molecular weight is 683 g/mol. The Kier molecular flexibility index (Phi) is 7.57. The number of carbonyl (C=O) groups is 5. The minimum atomic E-state index is -1.03. The van der Waals surface area contributed by atoms with Crippen LogP contribution in [0.3, 0.4) is 0 Å². The zero-order chi connectivity index (χ0) is 35.1. The van der Waals surface area contributed by atoms with Gasteiger partial charge in [0.25, 0.3) is 0 Å². The highest BCUT2D eigenvalue weighted by Gasteiger charge is 2.69. The molecule has 6 saturated carbocycles. The van der Waals surface area contributed by atoms with Gasteiger partial charge in [-0.2, -0.15) is 0 Å². The molecule has 0 aromatic heterocycles. The van der Waals surface area contributed by atoms with Gasteiger partial charge in [-0.15, -0.1) is 0 Å². The van der Waals surface area contributed by atoms with E-state index in [1.807, 2.05) is 6.92 Å². The third-order valence-electron chi connectivity index (χ3n) is 17.9. The fourth-order valence-corrected chi connectivity index (χ4v) is 16.4. The first-order valence-corrected chi connectivity index (χ1v) is 20.5. The van der Waals surface area contributed by atoms with E-state index in [0.717, 1.165) is 77.0 Å². The van der Waals surface area contributed by atoms with Gasteiger partial charge in [0, 0.05) is 42.4 Å². The molecule has 9 aliphatic carbocycles. The molecule has 1 spiro atoms. The van der Waals surface area contributed by atoms with Crippen molar-refractivity contribution in [1.82, 2.24) is 0 Å².